The molecule has 0 aromatic heterocycles. The maximum atomic E-state index is 4.93. The van der Waals surface area contributed by atoms with Gasteiger partial charge in [0.25, 0.3) is 0 Å². The van der Waals surface area contributed by atoms with Crippen LogP contribution >= 0.6 is 54.5 Å². The molecule has 0 aromatic carbocycles. The second kappa shape index (κ2) is 6.35. The minimum Gasteiger partial charge on any atom is -0.477 e. The summed E-state index contributed by atoms with van der Waals surface area (Å²) < 4.78 is 5.85. The number of hydrogen-bond donors (Lipinski definition) is 0. The fraction of sp³-hybridized carbons (Fsp3) is 0.500. The van der Waals surface area contributed by atoms with Crippen LogP contribution in [-0.4, -0.2) is 8.35 Å². The zero-order valence-electron chi connectivity index (χ0n) is 3.98. The van der Waals surface area contributed by atoms with E-state index in [-0.39, 0.29) is 3.92 Å². The van der Waals surface area contributed by atoms with Crippen LogP contribution in [-0.2, 0) is 4.74 Å². The van der Waals surface area contributed by atoms with E-state index in [9.17, 15) is 0 Å². The van der Waals surface area contributed by atoms with E-state index in [1.54, 1.807) is 6.26 Å². The van der Waals surface area contributed by atoms with Gasteiger partial charge in [-0.1, -0.05) is 22.6 Å². The van der Waals surface area contributed by atoms with Crippen LogP contribution in [0.5, 0.6) is 0 Å². The van der Waals surface area contributed by atoms with Gasteiger partial charge < -0.3 is 4.74 Å². The summed E-state index contributed by atoms with van der Waals surface area (Å²) in [5, 5.41) is 0. The van der Waals surface area contributed by atoms with Crippen LogP contribution in [0.25, 0.3) is 0 Å². The highest BCUT2D eigenvalue weighted by molar-refractivity contribution is 14.1. The molecule has 0 saturated heterocycles. The minimum absolute atomic E-state index is 0.0609. The van der Waals surface area contributed by atoms with Gasteiger partial charge in [0.15, 0.2) is 0 Å². The summed E-state index contributed by atoms with van der Waals surface area (Å²) in [6.07, 6.45) is 3.58. The van der Waals surface area contributed by atoms with E-state index in [2.05, 4.69) is 54.5 Å². The van der Waals surface area contributed by atoms with E-state index in [0.717, 1.165) is 4.43 Å². The van der Waals surface area contributed by atoms with Gasteiger partial charge in [0.1, 0.15) is 0 Å². The minimum atomic E-state index is -0.0609. The molecule has 0 heterocycles. The number of rotatable bonds is 3. The van der Waals surface area contributed by atoms with Crippen molar-refractivity contribution in [3.63, 3.8) is 0 Å². The van der Waals surface area contributed by atoms with Gasteiger partial charge in [-0.05, 0) is 37.9 Å². The van der Waals surface area contributed by atoms with E-state index in [0.29, 0.717) is 0 Å². The molecule has 0 aromatic rings. The Morgan fingerprint density at radius 3 is 2.62 bits per heavy atom. The predicted octanol–water partition coefficient (Wildman–Crippen LogP) is 3.03. The molecule has 0 bridgehead atoms. The molecule has 0 aliphatic heterocycles. The number of halogens is 3. The summed E-state index contributed by atoms with van der Waals surface area (Å²) in [6, 6.07) is 0. The molecular formula is C4H5Br2IO. The standard InChI is InChI=1S/C4H5Br2IO/c5-4(6)8-3-1-2-7/h1,3-4H,2H2. The molecule has 8 heavy (non-hydrogen) atoms. The summed E-state index contributed by atoms with van der Waals surface area (Å²) in [6.45, 7) is 0. The van der Waals surface area contributed by atoms with Gasteiger partial charge in [-0.25, -0.2) is 0 Å². The zero-order valence-corrected chi connectivity index (χ0v) is 9.31. The van der Waals surface area contributed by atoms with E-state index >= 15 is 0 Å². The van der Waals surface area contributed by atoms with Crippen LogP contribution < -0.4 is 0 Å². The normalized spacial score (nSPS) is 11.0. The van der Waals surface area contributed by atoms with Crippen LogP contribution in [0.15, 0.2) is 12.3 Å². The van der Waals surface area contributed by atoms with Gasteiger partial charge in [0.2, 0.25) is 3.92 Å². The van der Waals surface area contributed by atoms with E-state index < -0.39 is 0 Å². The van der Waals surface area contributed by atoms with Gasteiger partial charge in [0.05, 0.1) is 6.26 Å². The Hall–Kier alpha value is 1.23. The van der Waals surface area contributed by atoms with Crippen molar-refractivity contribution >= 4 is 54.5 Å². The first-order chi connectivity index (χ1) is 3.77. The molecule has 1 nitrogen and oxygen atoms in total. The molecule has 0 aliphatic rings. The van der Waals surface area contributed by atoms with Crippen LogP contribution in [0.4, 0.5) is 0 Å². The summed E-state index contributed by atoms with van der Waals surface area (Å²) in [5.74, 6) is 0. The molecule has 48 valence electrons. The van der Waals surface area contributed by atoms with E-state index in [1.165, 1.54) is 0 Å². The Morgan fingerprint density at radius 1 is 1.62 bits per heavy atom. The third-order valence-corrected chi connectivity index (χ3v) is 1.31. The summed E-state index contributed by atoms with van der Waals surface area (Å²) in [7, 11) is 0. The maximum absolute atomic E-state index is 4.93. The molecule has 0 N–H and O–H groups in total. The second-order valence-electron chi connectivity index (χ2n) is 0.923. The zero-order chi connectivity index (χ0) is 6.41. The smallest absolute Gasteiger partial charge is 0.206 e. The van der Waals surface area contributed by atoms with Crippen molar-refractivity contribution in [2.75, 3.05) is 4.43 Å². The molecule has 0 radical (unpaired) electrons. The Balaban J connectivity index is 3.03. The van der Waals surface area contributed by atoms with Gasteiger partial charge in [-0.3, -0.25) is 0 Å². The van der Waals surface area contributed by atoms with Gasteiger partial charge >= 0.3 is 0 Å². The average Bonchev–Trinajstić information content (AvgIpc) is 1.66. The molecule has 0 aliphatic carbocycles. The Bertz CT molecular complexity index is 74.4. The van der Waals surface area contributed by atoms with Crippen LogP contribution in [0.2, 0.25) is 0 Å². The Labute approximate surface area is 79.3 Å². The summed E-state index contributed by atoms with van der Waals surface area (Å²) in [5.41, 5.74) is 0. The molecular weight excluding hydrogens is 351 g/mol. The Morgan fingerprint density at radius 2 is 2.25 bits per heavy atom. The molecule has 0 unspecified atom stereocenters. The fourth-order valence-corrected chi connectivity index (χ4v) is 0.608. The van der Waals surface area contributed by atoms with Crippen molar-refractivity contribution in [1.29, 1.82) is 0 Å². The lowest BCUT2D eigenvalue weighted by Crippen LogP contribution is -1.83. The van der Waals surface area contributed by atoms with Crippen molar-refractivity contribution in [1.82, 2.24) is 0 Å². The monoisotopic (exact) mass is 354 g/mol. The van der Waals surface area contributed by atoms with Gasteiger partial charge in [-0.15, -0.1) is 0 Å². The van der Waals surface area contributed by atoms with E-state index in [1.807, 2.05) is 6.08 Å². The third-order valence-electron chi connectivity index (χ3n) is 0.367. The first-order valence-corrected chi connectivity index (χ1v) is 5.27. The number of ether oxygens (including phenoxy) is 1. The van der Waals surface area contributed by atoms with Crippen molar-refractivity contribution in [2.45, 2.75) is 3.92 Å². The number of hydrogen-bond acceptors (Lipinski definition) is 1. The van der Waals surface area contributed by atoms with Gasteiger partial charge in [-0.2, -0.15) is 0 Å². The number of alkyl halides is 3. The average molecular weight is 356 g/mol. The van der Waals surface area contributed by atoms with Crippen LogP contribution in [0.1, 0.15) is 0 Å². The molecule has 0 rings (SSSR count). The lowest BCUT2D eigenvalue weighted by atomic mass is 10.7. The third kappa shape index (κ3) is 7.23. The molecule has 0 atom stereocenters. The number of allylic oxidation sites excluding steroid dienone is 1. The largest absolute Gasteiger partial charge is 0.477 e. The first kappa shape index (κ1) is 9.23. The highest BCUT2D eigenvalue weighted by Crippen LogP contribution is 2.09. The van der Waals surface area contributed by atoms with Crippen molar-refractivity contribution in [2.24, 2.45) is 0 Å². The van der Waals surface area contributed by atoms with Gasteiger partial charge in [0, 0.05) is 4.43 Å². The SMILES string of the molecule is BrC(Br)OC=CCI. The lowest BCUT2D eigenvalue weighted by molar-refractivity contribution is 0.301. The fourth-order valence-electron chi connectivity index (χ4n) is 0.151. The second-order valence-corrected chi connectivity index (χ2v) is 4.70. The van der Waals surface area contributed by atoms with Crippen molar-refractivity contribution in [3.8, 4) is 0 Å². The van der Waals surface area contributed by atoms with Crippen molar-refractivity contribution in [3.05, 3.63) is 12.3 Å². The first-order valence-electron chi connectivity index (χ1n) is 1.92. The van der Waals surface area contributed by atoms with Crippen molar-refractivity contribution < 1.29 is 4.74 Å². The molecule has 0 fully saturated rings. The van der Waals surface area contributed by atoms with Crippen LogP contribution in [0, 0.1) is 0 Å². The molecule has 0 saturated carbocycles. The quantitative estimate of drug-likeness (QED) is 0.429. The lowest BCUT2D eigenvalue weighted by Gasteiger charge is -1.96. The highest BCUT2D eigenvalue weighted by Gasteiger charge is 1.88. The van der Waals surface area contributed by atoms with Crippen LogP contribution in [0.3, 0.4) is 0 Å². The maximum Gasteiger partial charge on any atom is 0.206 e. The summed E-state index contributed by atoms with van der Waals surface area (Å²) >= 11 is 8.53. The van der Waals surface area contributed by atoms with E-state index in [4.69, 9.17) is 4.74 Å². The summed E-state index contributed by atoms with van der Waals surface area (Å²) in [4.78, 5) is 0. The topological polar surface area (TPSA) is 9.23 Å². The molecule has 0 spiro atoms. The molecule has 0 amide bonds. The molecule has 4 heteroatoms. The Kier molecular flexibility index (Phi) is 7.33. The highest BCUT2D eigenvalue weighted by atomic mass is 127. The predicted molar refractivity (Wildman–Crippen MR) is 50.8 cm³/mol.